The van der Waals surface area contributed by atoms with Crippen LogP contribution >= 0.6 is 0 Å². The predicted molar refractivity (Wildman–Crippen MR) is 198 cm³/mol. The number of ether oxygens (including phenoxy) is 9. The van der Waals surface area contributed by atoms with Crippen LogP contribution in [0.15, 0.2) is 0 Å². The fourth-order valence-corrected chi connectivity index (χ4v) is 8.20. The molecule has 0 aromatic heterocycles. The molecule has 0 spiro atoms. The molecule has 0 aliphatic carbocycles. The second-order valence-electron chi connectivity index (χ2n) is 16.5. The van der Waals surface area contributed by atoms with Crippen molar-refractivity contribution < 1.29 is 139 Å². The van der Waals surface area contributed by atoms with Crippen LogP contribution in [0.4, 0.5) is 0 Å². The second kappa shape index (κ2) is 22.6. The van der Waals surface area contributed by atoms with Gasteiger partial charge in [0.25, 0.3) is 5.79 Å². The molecular weight excluding hydrogens is 894 g/mol. The third-order valence-corrected chi connectivity index (χ3v) is 12.1. The first-order chi connectivity index (χ1) is 30.5. The van der Waals surface area contributed by atoms with Crippen LogP contribution in [0.5, 0.6) is 0 Å². The largest absolute Gasteiger partial charge is 0.477 e. The summed E-state index contributed by atoms with van der Waals surface area (Å²) in [5, 5.41) is 181. The molecule has 26 atom stereocenters. The average molecular weight is 956 g/mol. The Kier molecular flexibility index (Phi) is 18.7. The number of carbonyl (C=O) groups is 2. The Morgan fingerprint density at radius 2 is 1.18 bits per heavy atom. The number of rotatable bonds is 17. The monoisotopic (exact) mass is 955 g/mol. The molecule has 29 heteroatoms. The highest BCUT2D eigenvalue weighted by atomic mass is 16.8. The topological polar surface area (TPSA) is 473 Å². The molecular formula is C36H61NO28. The molecule has 0 saturated carbocycles. The van der Waals surface area contributed by atoms with E-state index in [0.29, 0.717) is 0 Å². The van der Waals surface area contributed by atoms with Crippen molar-refractivity contribution in [2.45, 2.75) is 173 Å². The molecule has 29 nitrogen and oxygen atoms in total. The van der Waals surface area contributed by atoms with E-state index >= 15 is 0 Å². The lowest BCUT2D eigenvalue weighted by molar-refractivity contribution is -0.381. The molecule has 5 saturated heterocycles. The average Bonchev–Trinajstić information content (AvgIpc) is 3.27. The summed E-state index contributed by atoms with van der Waals surface area (Å²) in [6, 6.07) is -1.77. The van der Waals surface area contributed by atoms with Crippen LogP contribution in [-0.4, -0.2) is 285 Å². The van der Waals surface area contributed by atoms with Gasteiger partial charge in [0.1, 0.15) is 110 Å². The van der Waals surface area contributed by atoms with Gasteiger partial charge in [0.2, 0.25) is 5.91 Å². The van der Waals surface area contributed by atoms with Crippen LogP contribution in [-0.2, 0) is 52.2 Å². The Balaban J connectivity index is 1.34. The Bertz CT molecular complexity index is 1540. The number of aliphatic carboxylic acids is 1. The number of aliphatic hydroxyl groups is 16. The number of carboxylic acid groups (broad SMARTS) is 1. The summed E-state index contributed by atoms with van der Waals surface area (Å²) in [4.78, 5) is 25.0. The van der Waals surface area contributed by atoms with Crippen molar-refractivity contribution in [2.75, 3.05) is 33.0 Å². The van der Waals surface area contributed by atoms with Gasteiger partial charge in [0.15, 0.2) is 25.2 Å². The van der Waals surface area contributed by atoms with E-state index in [1.807, 2.05) is 0 Å². The number of amides is 1. The first kappa shape index (κ1) is 53.9. The fourth-order valence-electron chi connectivity index (χ4n) is 8.20. The number of nitrogens with one attached hydrogen (secondary N) is 1. The maximum Gasteiger partial charge on any atom is 0.364 e. The Hall–Kier alpha value is -2.06. The lowest BCUT2D eigenvalue weighted by Crippen LogP contribution is -2.70. The summed E-state index contributed by atoms with van der Waals surface area (Å²) in [5.41, 5.74) is 0. The maximum absolute atomic E-state index is 12.6. The Morgan fingerprint density at radius 1 is 0.646 bits per heavy atom. The maximum atomic E-state index is 12.6. The zero-order valence-corrected chi connectivity index (χ0v) is 34.8. The van der Waals surface area contributed by atoms with Gasteiger partial charge in [-0.05, 0) is 0 Å². The molecule has 378 valence electrons. The van der Waals surface area contributed by atoms with E-state index in [1.54, 1.807) is 0 Å². The molecule has 5 aliphatic heterocycles. The van der Waals surface area contributed by atoms with E-state index in [9.17, 15) is 96.4 Å². The van der Waals surface area contributed by atoms with Crippen molar-refractivity contribution in [1.82, 2.24) is 5.32 Å². The smallest absolute Gasteiger partial charge is 0.364 e. The number of carbonyl (C=O) groups excluding carboxylic acids is 1. The quantitative estimate of drug-likeness (QED) is 0.0644. The summed E-state index contributed by atoms with van der Waals surface area (Å²) < 4.78 is 50.3. The summed E-state index contributed by atoms with van der Waals surface area (Å²) in [6.45, 7) is -2.51. The molecule has 0 aromatic carbocycles. The van der Waals surface area contributed by atoms with E-state index in [-0.39, 0.29) is 0 Å². The van der Waals surface area contributed by atoms with E-state index in [2.05, 4.69) is 5.32 Å². The molecule has 1 amide bonds. The van der Waals surface area contributed by atoms with Crippen LogP contribution in [0, 0.1) is 5.92 Å². The molecule has 65 heavy (non-hydrogen) atoms. The van der Waals surface area contributed by atoms with Crippen LogP contribution < -0.4 is 5.32 Å². The lowest BCUT2D eigenvalue weighted by atomic mass is 9.84. The zero-order chi connectivity index (χ0) is 48.4. The molecule has 5 fully saturated rings. The SMILES string of the molecule is CC(=O)NC1[C@H](O[C@@H]2C(O)[C@H](O[C@@H]3C(CO)OC(O)C(O)[C@H]3O)OC(CO)[C@@H]2O)OC(CO)[C@@H](O[C@@H]2OC(CO[C@]3(C(=O)O)C[C@@H](O)[C@@H](C)[C@H]([C@H](O)[C@H](O)CO)O3)[C@H](O)[C@H](O)C2O)[C@@H]1O. The van der Waals surface area contributed by atoms with E-state index in [0.717, 1.165) is 6.92 Å². The van der Waals surface area contributed by atoms with Crippen LogP contribution in [0.3, 0.4) is 0 Å². The van der Waals surface area contributed by atoms with Gasteiger partial charge in [-0.1, -0.05) is 6.92 Å². The van der Waals surface area contributed by atoms with Crippen LogP contribution in [0.1, 0.15) is 20.3 Å². The molecule has 0 aromatic rings. The molecule has 5 heterocycles. The van der Waals surface area contributed by atoms with Crippen LogP contribution in [0.2, 0.25) is 0 Å². The minimum absolute atomic E-state index is 0.776. The van der Waals surface area contributed by atoms with Gasteiger partial charge in [0, 0.05) is 19.3 Å². The number of carboxylic acids is 1. The van der Waals surface area contributed by atoms with Crippen molar-refractivity contribution >= 4 is 11.9 Å². The number of aliphatic hydroxyl groups excluding tert-OH is 16. The number of hydrogen-bond acceptors (Lipinski definition) is 27. The summed E-state index contributed by atoms with van der Waals surface area (Å²) in [5.74, 6) is -6.50. The minimum Gasteiger partial charge on any atom is -0.477 e. The minimum atomic E-state index is -2.79. The molecule has 9 unspecified atom stereocenters. The highest BCUT2D eigenvalue weighted by Crippen LogP contribution is 2.38. The molecule has 0 radical (unpaired) electrons. The highest BCUT2D eigenvalue weighted by molar-refractivity contribution is 5.76. The molecule has 5 aliphatic rings. The first-order valence-corrected chi connectivity index (χ1v) is 20.6. The van der Waals surface area contributed by atoms with Gasteiger partial charge in [0.05, 0.1) is 45.2 Å². The van der Waals surface area contributed by atoms with E-state index < -0.39 is 210 Å². The summed E-state index contributed by atoms with van der Waals surface area (Å²) in [6.07, 6.45) is -44.2. The van der Waals surface area contributed by atoms with Gasteiger partial charge >= 0.3 is 5.97 Å². The molecule has 18 N–H and O–H groups in total. The molecule has 5 rings (SSSR count). The van der Waals surface area contributed by atoms with E-state index in [4.69, 9.17) is 42.6 Å². The second-order valence-corrected chi connectivity index (χ2v) is 16.5. The normalized spacial score (nSPS) is 48.3. The van der Waals surface area contributed by atoms with Gasteiger partial charge in [-0.2, -0.15) is 0 Å². The summed E-state index contributed by atoms with van der Waals surface area (Å²) in [7, 11) is 0. The number of hydrogen-bond donors (Lipinski definition) is 18. The van der Waals surface area contributed by atoms with Crippen molar-refractivity contribution in [3.63, 3.8) is 0 Å². The third kappa shape index (κ3) is 11.4. The highest BCUT2D eigenvalue weighted by Gasteiger charge is 2.58. The standard InChI is InChI=1S/C36H61NO28/c1-9-11(43)3-36(35(55)56,65-27(9)18(45)12(44)4-38)57-8-16-19(46)22(49)25(52)33(61-16)62-28-15(7-41)60-32(17(21(28)48)37-10(2)42)64-30-20(47)13(5-39)59-34(26(30)53)63-29-14(6-40)58-31(54)24(51)23(29)50/h9,11-34,38-41,43-54H,3-8H2,1-2H3,(H,37,42)(H,55,56)/t9-,11-,12-,13?,14?,15?,16?,17?,18-,19+,20+,21-,22+,23-,24?,25?,26?,27-,28-,29-,30+,31?,32+,33+,34+,36-/m1/s1. The Morgan fingerprint density at radius 3 is 1.75 bits per heavy atom. The third-order valence-electron chi connectivity index (χ3n) is 12.1. The van der Waals surface area contributed by atoms with Crippen molar-refractivity contribution in [3.8, 4) is 0 Å². The fraction of sp³-hybridized carbons (Fsp3) is 0.944. The Labute approximate surface area is 368 Å². The van der Waals surface area contributed by atoms with Gasteiger partial charge in [-0.3, -0.25) is 4.79 Å². The van der Waals surface area contributed by atoms with E-state index in [1.165, 1.54) is 6.92 Å². The van der Waals surface area contributed by atoms with Crippen LogP contribution in [0.25, 0.3) is 0 Å². The van der Waals surface area contributed by atoms with Crippen molar-refractivity contribution in [3.05, 3.63) is 0 Å². The zero-order valence-electron chi connectivity index (χ0n) is 34.8. The molecule has 0 bridgehead atoms. The lowest BCUT2D eigenvalue weighted by Gasteiger charge is -2.50. The van der Waals surface area contributed by atoms with Crippen molar-refractivity contribution in [2.24, 2.45) is 5.92 Å². The van der Waals surface area contributed by atoms with Crippen molar-refractivity contribution in [1.29, 1.82) is 0 Å². The van der Waals surface area contributed by atoms with Gasteiger partial charge in [-0.25, -0.2) is 4.79 Å². The van der Waals surface area contributed by atoms with Gasteiger partial charge < -0.3 is 135 Å². The first-order valence-electron chi connectivity index (χ1n) is 20.6. The van der Waals surface area contributed by atoms with Gasteiger partial charge in [-0.15, -0.1) is 0 Å². The predicted octanol–water partition coefficient (Wildman–Crippen LogP) is -11.3. The summed E-state index contributed by atoms with van der Waals surface area (Å²) >= 11 is 0.